The third-order valence-corrected chi connectivity index (χ3v) is 8.52. The van der Waals surface area contributed by atoms with Gasteiger partial charge in [-0.15, -0.1) is 0 Å². The Hall–Kier alpha value is -4.58. The molecule has 3 aromatic rings. The lowest BCUT2D eigenvalue weighted by Crippen LogP contribution is -2.55. The van der Waals surface area contributed by atoms with Gasteiger partial charge in [-0.2, -0.15) is 0 Å². The molecule has 12 heteroatoms. The fourth-order valence-corrected chi connectivity index (χ4v) is 6.08. The van der Waals surface area contributed by atoms with E-state index in [1.165, 1.54) is 6.92 Å². The van der Waals surface area contributed by atoms with E-state index >= 15 is 0 Å². The Morgan fingerprint density at radius 2 is 1.89 bits per heavy atom. The van der Waals surface area contributed by atoms with E-state index < -0.39 is 41.4 Å². The van der Waals surface area contributed by atoms with Crippen LogP contribution in [0.5, 0.6) is 0 Å². The second-order valence-electron chi connectivity index (χ2n) is 11.9. The number of unbranched alkanes of at least 4 members (excludes halogenated alkanes) is 1. The van der Waals surface area contributed by atoms with Crippen LogP contribution in [0.2, 0.25) is 0 Å². The van der Waals surface area contributed by atoms with E-state index in [1.54, 1.807) is 31.4 Å². The van der Waals surface area contributed by atoms with Crippen LogP contribution < -0.4 is 21.9 Å². The molecule has 2 amide bonds. The average Bonchev–Trinajstić information content (AvgIpc) is 3.37. The number of carbonyl (C=O) groups excluding carboxylic acids is 4. The predicted molar refractivity (Wildman–Crippen MR) is 166 cm³/mol. The number of hydrogen-bond donors (Lipinski definition) is 3. The Kier molecular flexibility index (Phi) is 9.06. The Morgan fingerprint density at radius 3 is 2.58 bits per heavy atom. The number of rotatable bonds is 11. The lowest BCUT2D eigenvalue weighted by atomic mass is 9.85. The standard InChI is InChI=1S/C33H39N5O7/c1-5-33(45-31(42)27(18(2)3)37-29(40)25(35-19(4)39)12-8-9-13-34)23-15-26-28-21(14-20-10-6-7-11-24(20)36-28)16-38(26)30(41)22(23)17-44-32(33)43/h6-7,10-11,14-15,18,25,27H,5,8-9,12-13,16-17,34H2,1-4H3,(H,35,39)(H,37,40)/t25?,27?,33-/m0/s1. The van der Waals surface area contributed by atoms with Gasteiger partial charge in [0.2, 0.25) is 17.4 Å². The molecule has 0 spiro atoms. The molecule has 0 radical (unpaired) electrons. The number of para-hydroxylation sites is 1. The highest BCUT2D eigenvalue weighted by atomic mass is 16.6. The Labute approximate surface area is 260 Å². The fourth-order valence-electron chi connectivity index (χ4n) is 6.08. The summed E-state index contributed by atoms with van der Waals surface area (Å²) in [7, 11) is 0. The summed E-state index contributed by atoms with van der Waals surface area (Å²) in [5, 5.41) is 6.29. The molecule has 2 aromatic heterocycles. The maximum absolute atomic E-state index is 13.8. The van der Waals surface area contributed by atoms with Gasteiger partial charge in [-0.3, -0.25) is 14.4 Å². The first kappa shape index (κ1) is 31.8. The average molecular weight is 618 g/mol. The number of hydrogen-bond acceptors (Lipinski definition) is 9. The summed E-state index contributed by atoms with van der Waals surface area (Å²) < 4.78 is 13.1. The molecular weight excluding hydrogens is 578 g/mol. The minimum Gasteiger partial charge on any atom is -0.457 e. The molecule has 0 bridgehead atoms. The summed E-state index contributed by atoms with van der Waals surface area (Å²) in [5.74, 6) is -3.04. The van der Waals surface area contributed by atoms with Gasteiger partial charge in [-0.1, -0.05) is 39.0 Å². The quantitative estimate of drug-likeness (QED) is 0.169. The van der Waals surface area contributed by atoms with Crippen molar-refractivity contribution in [3.63, 3.8) is 0 Å². The molecule has 0 saturated heterocycles. The molecule has 2 aliphatic heterocycles. The molecule has 1 aromatic carbocycles. The monoisotopic (exact) mass is 617 g/mol. The number of nitrogens with zero attached hydrogens (tertiary/aromatic N) is 2. The van der Waals surface area contributed by atoms with Crippen LogP contribution in [-0.4, -0.2) is 51.9 Å². The van der Waals surface area contributed by atoms with Crippen LogP contribution in [0.25, 0.3) is 22.3 Å². The van der Waals surface area contributed by atoms with E-state index in [-0.39, 0.29) is 35.6 Å². The Balaban J connectivity index is 1.50. The van der Waals surface area contributed by atoms with Crippen molar-refractivity contribution in [2.24, 2.45) is 11.7 Å². The van der Waals surface area contributed by atoms with Crippen molar-refractivity contribution in [3.05, 3.63) is 63.4 Å². The minimum atomic E-state index is -1.92. The number of aromatic nitrogens is 2. The van der Waals surface area contributed by atoms with Crippen molar-refractivity contribution in [2.75, 3.05) is 6.54 Å². The van der Waals surface area contributed by atoms with Crippen LogP contribution in [0.15, 0.2) is 41.2 Å². The highest BCUT2D eigenvalue weighted by Crippen LogP contribution is 2.41. The highest BCUT2D eigenvalue weighted by molar-refractivity contribution is 5.93. The number of pyridine rings is 2. The number of carbonyl (C=O) groups is 4. The van der Waals surface area contributed by atoms with Gasteiger partial charge in [0.25, 0.3) is 5.56 Å². The molecule has 4 heterocycles. The van der Waals surface area contributed by atoms with Gasteiger partial charge < -0.3 is 30.4 Å². The van der Waals surface area contributed by atoms with Gasteiger partial charge in [0.15, 0.2) is 0 Å². The molecule has 12 nitrogen and oxygen atoms in total. The van der Waals surface area contributed by atoms with Crippen molar-refractivity contribution in [2.45, 2.75) is 84.2 Å². The highest BCUT2D eigenvalue weighted by Gasteiger charge is 2.51. The molecule has 2 aliphatic rings. The zero-order valence-electron chi connectivity index (χ0n) is 26.0. The van der Waals surface area contributed by atoms with Gasteiger partial charge in [-0.05, 0) is 56.3 Å². The molecule has 4 N–H and O–H groups in total. The summed E-state index contributed by atoms with van der Waals surface area (Å²) >= 11 is 0. The molecule has 0 fully saturated rings. The van der Waals surface area contributed by atoms with E-state index in [2.05, 4.69) is 10.6 Å². The van der Waals surface area contributed by atoms with Gasteiger partial charge in [0.05, 0.1) is 29.0 Å². The maximum Gasteiger partial charge on any atom is 0.355 e. The third kappa shape index (κ3) is 5.94. The lowest BCUT2D eigenvalue weighted by molar-refractivity contribution is -0.191. The fraction of sp³-hybridized carbons (Fsp3) is 0.455. The number of benzene rings is 1. The molecule has 2 unspecified atom stereocenters. The molecular formula is C33H39N5O7. The van der Waals surface area contributed by atoms with E-state index in [0.29, 0.717) is 43.7 Å². The van der Waals surface area contributed by atoms with Crippen LogP contribution >= 0.6 is 0 Å². The number of ether oxygens (including phenoxy) is 2. The van der Waals surface area contributed by atoms with Gasteiger partial charge in [0, 0.05) is 23.4 Å². The minimum absolute atomic E-state index is 0.0160. The number of nitrogens with one attached hydrogen (secondary N) is 2. The maximum atomic E-state index is 13.8. The summed E-state index contributed by atoms with van der Waals surface area (Å²) in [6.45, 7) is 6.92. The summed E-state index contributed by atoms with van der Waals surface area (Å²) in [4.78, 5) is 71.1. The van der Waals surface area contributed by atoms with Crippen molar-refractivity contribution < 1.29 is 28.7 Å². The summed E-state index contributed by atoms with van der Waals surface area (Å²) in [5.41, 5.74) is 6.55. The van der Waals surface area contributed by atoms with E-state index in [0.717, 1.165) is 16.5 Å². The third-order valence-electron chi connectivity index (χ3n) is 8.52. The van der Waals surface area contributed by atoms with Crippen molar-refractivity contribution in [3.8, 4) is 11.4 Å². The largest absolute Gasteiger partial charge is 0.457 e. The van der Waals surface area contributed by atoms with Crippen molar-refractivity contribution in [1.29, 1.82) is 0 Å². The first-order valence-corrected chi connectivity index (χ1v) is 15.3. The van der Waals surface area contributed by atoms with Crippen LogP contribution in [0.3, 0.4) is 0 Å². The van der Waals surface area contributed by atoms with Gasteiger partial charge >= 0.3 is 11.9 Å². The topological polar surface area (TPSA) is 172 Å². The lowest BCUT2D eigenvalue weighted by Gasteiger charge is -2.37. The van der Waals surface area contributed by atoms with Crippen LogP contribution in [-0.2, 0) is 47.4 Å². The Bertz CT molecular complexity index is 1730. The number of nitrogens with two attached hydrogens (primary N) is 1. The van der Waals surface area contributed by atoms with Crippen molar-refractivity contribution >= 4 is 34.7 Å². The van der Waals surface area contributed by atoms with Crippen LogP contribution in [0.4, 0.5) is 0 Å². The second-order valence-corrected chi connectivity index (χ2v) is 11.9. The smallest absolute Gasteiger partial charge is 0.355 e. The number of amides is 2. The predicted octanol–water partition coefficient (Wildman–Crippen LogP) is 2.41. The molecule has 5 rings (SSSR count). The number of esters is 2. The SMILES string of the molecule is CC[C@@]1(OC(=O)C(NC(=O)C(CCCCN)NC(C)=O)C(C)C)C(=O)OCc2c1cc1n(c2=O)Cc2cc3ccccc3nc2-1. The molecule has 0 aliphatic carbocycles. The number of cyclic esters (lactones) is 1. The summed E-state index contributed by atoms with van der Waals surface area (Å²) in [6, 6.07) is 9.31. The van der Waals surface area contributed by atoms with Gasteiger partial charge in [0.1, 0.15) is 18.7 Å². The first-order valence-electron chi connectivity index (χ1n) is 15.3. The second kappa shape index (κ2) is 12.8. The van der Waals surface area contributed by atoms with Crippen LogP contribution in [0, 0.1) is 5.92 Å². The number of fused-ring (bicyclic) bond motifs is 5. The molecule has 238 valence electrons. The Morgan fingerprint density at radius 1 is 1.13 bits per heavy atom. The van der Waals surface area contributed by atoms with Crippen molar-refractivity contribution in [1.82, 2.24) is 20.2 Å². The van der Waals surface area contributed by atoms with Crippen LogP contribution in [0.1, 0.15) is 70.1 Å². The van der Waals surface area contributed by atoms with E-state index in [1.807, 2.05) is 30.3 Å². The molecule has 3 atom stereocenters. The van der Waals surface area contributed by atoms with E-state index in [9.17, 15) is 24.0 Å². The zero-order valence-corrected chi connectivity index (χ0v) is 26.0. The zero-order chi connectivity index (χ0) is 32.5. The normalized spacial score (nSPS) is 18.0. The molecule has 0 saturated carbocycles. The molecule has 45 heavy (non-hydrogen) atoms. The summed E-state index contributed by atoms with van der Waals surface area (Å²) in [6.07, 6.45) is 1.58. The first-order chi connectivity index (χ1) is 21.5. The van der Waals surface area contributed by atoms with E-state index in [4.69, 9.17) is 20.2 Å². The van der Waals surface area contributed by atoms with Gasteiger partial charge in [-0.25, -0.2) is 14.6 Å².